The maximum absolute atomic E-state index is 12.1. The second-order valence-corrected chi connectivity index (χ2v) is 7.38. The van der Waals surface area contributed by atoms with Crippen LogP contribution in [-0.2, 0) is 19.1 Å². The molecule has 150 valence electrons. The van der Waals surface area contributed by atoms with E-state index in [2.05, 4.69) is 26.7 Å². The Bertz CT molecular complexity index is 980. The molecule has 0 unspecified atom stereocenters. The van der Waals surface area contributed by atoms with Crippen LogP contribution in [0, 0.1) is 0 Å². The quantitative estimate of drug-likeness (QED) is 0.640. The Kier molecular flexibility index (Phi) is 6.50. The topological polar surface area (TPSA) is 105 Å². The summed E-state index contributed by atoms with van der Waals surface area (Å²) < 4.78 is 5.76. The van der Waals surface area contributed by atoms with Crippen LogP contribution in [0.1, 0.15) is 23.2 Å². The summed E-state index contributed by atoms with van der Waals surface area (Å²) in [6.45, 7) is -0.492. The van der Waals surface area contributed by atoms with Crippen LogP contribution in [0.3, 0.4) is 0 Å². The zero-order chi connectivity index (χ0) is 21.0. The van der Waals surface area contributed by atoms with Crippen LogP contribution in [0.15, 0.2) is 46.9 Å². The number of ether oxygens (including phenoxy) is 1. The molecule has 0 saturated carbocycles. The van der Waals surface area contributed by atoms with Crippen LogP contribution < -0.4 is 15.8 Å². The van der Waals surface area contributed by atoms with Gasteiger partial charge >= 0.3 is 5.97 Å². The van der Waals surface area contributed by atoms with E-state index in [0.717, 1.165) is 9.48 Å². The third-order valence-corrected chi connectivity index (χ3v) is 4.76. The molecule has 0 radical (unpaired) electrons. The third kappa shape index (κ3) is 5.33. The standard InChI is InChI=1S/C19H15BrClN3O5/c20-12-3-6-15(14(21)9-12)22-17(26)10-29-19(28)11-1-4-13(5-2-11)24-18(27)8-7-16(25)23-24/h1-6,9H,7-8,10H2,(H,22,26)(H,23,25). The van der Waals surface area contributed by atoms with Crippen molar-refractivity contribution in [3.05, 3.63) is 57.5 Å². The van der Waals surface area contributed by atoms with E-state index in [4.69, 9.17) is 16.3 Å². The highest BCUT2D eigenvalue weighted by Gasteiger charge is 2.24. The van der Waals surface area contributed by atoms with Crippen LogP contribution in [0.25, 0.3) is 0 Å². The van der Waals surface area contributed by atoms with Gasteiger partial charge in [0.1, 0.15) is 0 Å². The van der Waals surface area contributed by atoms with E-state index >= 15 is 0 Å². The lowest BCUT2D eigenvalue weighted by atomic mass is 10.2. The second kappa shape index (κ2) is 9.06. The van der Waals surface area contributed by atoms with E-state index < -0.39 is 18.5 Å². The molecule has 2 N–H and O–H groups in total. The van der Waals surface area contributed by atoms with E-state index in [1.165, 1.54) is 24.3 Å². The normalized spacial score (nSPS) is 13.7. The first-order chi connectivity index (χ1) is 13.8. The summed E-state index contributed by atoms with van der Waals surface area (Å²) in [5, 5.41) is 4.03. The van der Waals surface area contributed by atoms with E-state index in [9.17, 15) is 19.2 Å². The molecule has 0 bridgehead atoms. The summed E-state index contributed by atoms with van der Waals surface area (Å²) in [5.41, 5.74) is 3.47. The first-order valence-electron chi connectivity index (χ1n) is 8.48. The van der Waals surface area contributed by atoms with Crippen molar-refractivity contribution in [2.24, 2.45) is 0 Å². The number of carbonyl (C=O) groups excluding carboxylic acids is 4. The lowest BCUT2D eigenvalue weighted by Crippen LogP contribution is -2.50. The van der Waals surface area contributed by atoms with Crippen molar-refractivity contribution in [2.45, 2.75) is 12.8 Å². The number of rotatable bonds is 5. The van der Waals surface area contributed by atoms with Gasteiger partial charge < -0.3 is 10.1 Å². The number of nitrogens with zero attached hydrogens (tertiary/aromatic N) is 1. The van der Waals surface area contributed by atoms with E-state index in [0.29, 0.717) is 16.4 Å². The van der Waals surface area contributed by atoms with Crippen molar-refractivity contribution in [1.82, 2.24) is 5.43 Å². The van der Waals surface area contributed by atoms with Gasteiger partial charge in [0.15, 0.2) is 6.61 Å². The maximum Gasteiger partial charge on any atom is 0.338 e. The molecular weight excluding hydrogens is 466 g/mol. The van der Waals surface area contributed by atoms with Crippen molar-refractivity contribution >= 4 is 62.6 Å². The largest absolute Gasteiger partial charge is 0.452 e. The summed E-state index contributed by atoms with van der Waals surface area (Å²) >= 11 is 9.29. The summed E-state index contributed by atoms with van der Waals surface area (Å²) in [6.07, 6.45) is 0.264. The van der Waals surface area contributed by atoms with Crippen molar-refractivity contribution in [3.63, 3.8) is 0 Å². The van der Waals surface area contributed by atoms with Gasteiger partial charge in [0.25, 0.3) is 5.91 Å². The number of nitrogens with one attached hydrogen (secondary N) is 2. The first-order valence-corrected chi connectivity index (χ1v) is 9.65. The fourth-order valence-corrected chi connectivity index (χ4v) is 3.24. The van der Waals surface area contributed by atoms with Gasteiger partial charge in [0.2, 0.25) is 11.8 Å². The van der Waals surface area contributed by atoms with Gasteiger partial charge in [-0.05, 0) is 42.5 Å². The molecule has 8 nitrogen and oxygen atoms in total. The number of carbonyl (C=O) groups is 4. The Labute approximate surface area is 179 Å². The number of amides is 3. The van der Waals surface area contributed by atoms with Gasteiger partial charge in [0, 0.05) is 17.3 Å². The minimum Gasteiger partial charge on any atom is -0.452 e. The molecule has 3 rings (SSSR count). The average Bonchev–Trinajstić information content (AvgIpc) is 2.70. The molecule has 3 amide bonds. The highest BCUT2D eigenvalue weighted by atomic mass is 79.9. The van der Waals surface area contributed by atoms with Gasteiger partial charge in [-0.15, -0.1) is 0 Å². The monoisotopic (exact) mass is 479 g/mol. The van der Waals surface area contributed by atoms with E-state index in [-0.39, 0.29) is 30.2 Å². The molecule has 0 atom stereocenters. The predicted molar refractivity (Wildman–Crippen MR) is 109 cm³/mol. The Balaban J connectivity index is 1.56. The lowest BCUT2D eigenvalue weighted by molar-refractivity contribution is -0.130. The van der Waals surface area contributed by atoms with Gasteiger partial charge in [0.05, 0.1) is 22.0 Å². The van der Waals surface area contributed by atoms with Crippen molar-refractivity contribution in [3.8, 4) is 0 Å². The Hall–Kier alpha value is -2.91. The van der Waals surface area contributed by atoms with Gasteiger partial charge in [-0.25, -0.2) is 9.80 Å². The lowest BCUT2D eigenvalue weighted by Gasteiger charge is -2.27. The minimum atomic E-state index is -0.706. The highest BCUT2D eigenvalue weighted by Crippen LogP contribution is 2.25. The summed E-state index contributed by atoms with van der Waals surface area (Å²) in [5.74, 6) is -1.75. The van der Waals surface area contributed by atoms with Crippen LogP contribution in [-0.4, -0.2) is 30.3 Å². The third-order valence-electron chi connectivity index (χ3n) is 3.95. The molecule has 1 aliphatic rings. The molecule has 2 aromatic carbocycles. The number of esters is 1. The predicted octanol–water partition coefficient (Wildman–Crippen LogP) is 3.06. The SMILES string of the molecule is O=C(COC(=O)c1ccc(N2NC(=O)CCC2=O)cc1)Nc1ccc(Br)cc1Cl. The average molecular weight is 481 g/mol. The summed E-state index contributed by atoms with van der Waals surface area (Å²) in [6, 6.07) is 10.8. The number of halogens is 2. The highest BCUT2D eigenvalue weighted by molar-refractivity contribution is 9.10. The minimum absolute atomic E-state index is 0.118. The fraction of sp³-hybridized carbons (Fsp3) is 0.158. The van der Waals surface area contributed by atoms with Crippen molar-refractivity contribution < 1.29 is 23.9 Å². The molecule has 29 heavy (non-hydrogen) atoms. The molecule has 10 heteroatoms. The van der Waals surface area contributed by atoms with Gasteiger partial charge in [-0.2, -0.15) is 0 Å². The Morgan fingerprint density at radius 2 is 1.86 bits per heavy atom. The Morgan fingerprint density at radius 3 is 2.55 bits per heavy atom. The Morgan fingerprint density at radius 1 is 1.14 bits per heavy atom. The number of benzene rings is 2. The zero-order valence-corrected chi connectivity index (χ0v) is 17.2. The molecule has 1 aliphatic heterocycles. The van der Waals surface area contributed by atoms with Crippen molar-refractivity contribution in [2.75, 3.05) is 16.9 Å². The first kappa shape index (κ1) is 20.8. The number of hydrazine groups is 1. The summed E-state index contributed by atoms with van der Waals surface area (Å²) in [7, 11) is 0. The maximum atomic E-state index is 12.1. The molecular formula is C19H15BrClN3O5. The van der Waals surface area contributed by atoms with Crippen LogP contribution in [0.2, 0.25) is 5.02 Å². The smallest absolute Gasteiger partial charge is 0.338 e. The summed E-state index contributed by atoms with van der Waals surface area (Å²) in [4.78, 5) is 47.5. The second-order valence-electron chi connectivity index (χ2n) is 6.06. The van der Waals surface area contributed by atoms with Gasteiger partial charge in [-0.1, -0.05) is 27.5 Å². The van der Waals surface area contributed by atoms with Gasteiger partial charge in [-0.3, -0.25) is 19.8 Å². The zero-order valence-electron chi connectivity index (χ0n) is 14.9. The molecule has 0 aliphatic carbocycles. The van der Waals surface area contributed by atoms with Crippen LogP contribution in [0.5, 0.6) is 0 Å². The number of hydrogen-bond acceptors (Lipinski definition) is 5. The van der Waals surface area contributed by atoms with E-state index in [1.807, 2.05) is 0 Å². The molecule has 0 spiro atoms. The fourth-order valence-electron chi connectivity index (χ4n) is 2.52. The molecule has 2 aromatic rings. The van der Waals surface area contributed by atoms with Crippen LogP contribution in [0.4, 0.5) is 11.4 Å². The van der Waals surface area contributed by atoms with Crippen molar-refractivity contribution in [1.29, 1.82) is 0 Å². The molecule has 1 heterocycles. The molecule has 1 saturated heterocycles. The van der Waals surface area contributed by atoms with Crippen LogP contribution >= 0.6 is 27.5 Å². The van der Waals surface area contributed by atoms with E-state index in [1.54, 1.807) is 18.2 Å². The number of hydrogen-bond donors (Lipinski definition) is 2. The molecule has 0 aromatic heterocycles. The number of anilines is 2. The molecule has 1 fully saturated rings.